The minimum Gasteiger partial charge on any atom is -0.392 e. The fourth-order valence-electron chi connectivity index (χ4n) is 2.62. The minimum absolute atomic E-state index is 0.0116. The Bertz CT molecular complexity index is 290. The van der Waals surface area contributed by atoms with Gasteiger partial charge in [-0.25, -0.2) is 0 Å². The lowest BCUT2D eigenvalue weighted by molar-refractivity contribution is -0.138. The van der Waals surface area contributed by atoms with Crippen molar-refractivity contribution in [3.63, 3.8) is 0 Å². The van der Waals surface area contributed by atoms with E-state index in [2.05, 4.69) is 13.8 Å². The number of carbonyl (C=O) groups is 1. The number of ketones is 1. The van der Waals surface area contributed by atoms with E-state index in [1.54, 1.807) is 6.92 Å². The Labute approximate surface area is 91.1 Å². The van der Waals surface area contributed by atoms with Crippen molar-refractivity contribution in [3.05, 3.63) is 0 Å². The summed E-state index contributed by atoms with van der Waals surface area (Å²) in [5, 5.41) is 18.0. The van der Waals surface area contributed by atoms with Crippen LogP contribution in [-0.4, -0.2) is 17.0 Å². The Hall–Kier alpha value is -0.880. The summed E-state index contributed by atoms with van der Waals surface area (Å²) < 4.78 is 0. The van der Waals surface area contributed by atoms with Gasteiger partial charge in [0.15, 0.2) is 0 Å². The van der Waals surface area contributed by atoms with Crippen molar-refractivity contribution in [1.29, 1.82) is 5.26 Å². The first-order chi connectivity index (χ1) is 6.89. The number of nitrogens with zero attached hydrogens (tertiary/aromatic N) is 1. The molecule has 84 valence electrons. The molecule has 1 fully saturated rings. The van der Waals surface area contributed by atoms with E-state index in [0.29, 0.717) is 12.3 Å². The Morgan fingerprint density at radius 1 is 1.67 bits per heavy atom. The number of rotatable bonds is 4. The van der Waals surface area contributed by atoms with Crippen molar-refractivity contribution in [1.82, 2.24) is 0 Å². The lowest BCUT2D eigenvalue weighted by atomic mass is 9.52. The van der Waals surface area contributed by atoms with Crippen LogP contribution in [0.3, 0.4) is 0 Å². The fraction of sp³-hybridized carbons (Fsp3) is 0.833. The SMILES string of the molecule is CC(=O)C1CC(CC(O)CC#N)C1(C)C. The van der Waals surface area contributed by atoms with Gasteiger partial charge in [-0.1, -0.05) is 13.8 Å². The number of hydrogen-bond donors (Lipinski definition) is 1. The Morgan fingerprint density at radius 3 is 2.67 bits per heavy atom. The lowest BCUT2D eigenvalue weighted by Gasteiger charge is -2.51. The van der Waals surface area contributed by atoms with Crippen LogP contribution in [0.5, 0.6) is 0 Å². The largest absolute Gasteiger partial charge is 0.392 e. The molecule has 0 amide bonds. The van der Waals surface area contributed by atoms with Crippen molar-refractivity contribution in [3.8, 4) is 6.07 Å². The number of Topliss-reactive ketones (excluding diaryl/α,β-unsaturated/α-hetero) is 1. The number of hydrogen-bond acceptors (Lipinski definition) is 3. The van der Waals surface area contributed by atoms with E-state index >= 15 is 0 Å². The lowest BCUT2D eigenvalue weighted by Crippen LogP contribution is -2.49. The second-order valence-corrected chi connectivity index (χ2v) is 5.17. The summed E-state index contributed by atoms with van der Waals surface area (Å²) >= 11 is 0. The first-order valence-electron chi connectivity index (χ1n) is 5.45. The maximum Gasteiger partial charge on any atom is 0.133 e. The summed E-state index contributed by atoms with van der Waals surface area (Å²) in [4.78, 5) is 11.3. The maximum absolute atomic E-state index is 11.3. The minimum atomic E-state index is -0.535. The Balaban J connectivity index is 2.49. The zero-order valence-corrected chi connectivity index (χ0v) is 9.66. The maximum atomic E-state index is 11.3. The summed E-state index contributed by atoms with van der Waals surface area (Å²) in [6.45, 7) is 5.78. The molecule has 0 aromatic rings. The Morgan fingerprint density at radius 2 is 2.27 bits per heavy atom. The highest BCUT2D eigenvalue weighted by Crippen LogP contribution is 2.53. The molecule has 1 aliphatic carbocycles. The monoisotopic (exact) mass is 209 g/mol. The summed E-state index contributed by atoms with van der Waals surface area (Å²) in [6, 6.07) is 1.97. The van der Waals surface area contributed by atoms with Crippen LogP contribution in [0.2, 0.25) is 0 Å². The predicted octanol–water partition coefficient (Wildman–Crippen LogP) is 1.90. The standard InChI is InChI=1S/C12H19NO2/c1-8(14)11-7-9(12(11,2)3)6-10(15)4-5-13/h9-11,15H,4,6-7H2,1-3H3. The van der Waals surface area contributed by atoms with Crippen LogP contribution in [0, 0.1) is 28.6 Å². The molecule has 3 atom stereocenters. The van der Waals surface area contributed by atoms with Gasteiger partial charge in [-0.15, -0.1) is 0 Å². The van der Waals surface area contributed by atoms with Gasteiger partial charge in [0.05, 0.1) is 18.6 Å². The van der Waals surface area contributed by atoms with E-state index in [1.165, 1.54) is 0 Å². The zero-order chi connectivity index (χ0) is 11.6. The van der Waals surface area contributed by atoms with Gasteiger partial charge < -0.3 is 5.11 Å². The highest BCUT2D eigenvalue weighted by Gasteiger charge is 2.50. The van der Waals surface area contributed by atoms with Crippen molar-refractivity contribution in [2.24, 2.45) is 17.3 Å². The molecule has 3 nitrogen and oxygen atoms in total. The average molecular weight is 209 g/mol. The van der Waals surface area contributed by atoms with Gasteiger partial charge in [-0.05, 0) is 31.1 Å². The molecule has 0 spiro atoms. The van der Waals surface area contributed by atoms with E-state index in [4.69, 9.17) is 5.26 Å². The van der Waals surface area contributed by atoms with E-state index in [-0.39, 0.29) is 23.5 Å². The number of nitriles is 1. The topological polar surface area (TPSA) is 61.1 Å². The second kappa shape index (κ2) is 4.32. The first kappa shape index (κ1) is 12.2. The van der Waals surface area contributed by atoms with Gasteiger partial charge in [0.1, 0.15) is 5.78 Å². The summed E-state index contributed by atoms with van der Waals surface area (Å²) in [7, 11) is 0. The van der Waals surface area contributed by atoms with Gasteiger partial charge >= 0.3 is 0 Å². The van der Waals surface area contributed by atoms with E-state index in [1.807, 2.05) is 6.07 Å². The van der Waals surface area contributed by atoms with Crippen molar-refractivity contribution >= 4 is 5.78 Å². The third kappa shape index (κ3) is 2.38. The van der Waals surface area contributed by atoms with Gasteiger partial charge in [0.2, 0.25) is 0 Å². The molecular formula is C12H19NO2. The number of aliphatic hydroxyl groups is 1. The number of carbonyl (C=O) groups excluding carboxylic acids is 1. The van der Waals surface area contributed by atoms with Crippen LogP contribution < -0.4 is 0 Å². The van der Waals surface area contributed by atoms with Gasteiger partial charge in [0, 0.05) is 5.92 Å². The van der Waals surface area contributed by atoms with Crippen molar-refractivity contribution < 1.29 is 9.90 Å². The number of aliphatic hydroxyl groups excluding tert-OH is 1. The molecular weight excluding hydrogens is 190 g/mol. The highest BCUT2D eigenvalue weighted by atomic mass is 16.3. The molecule has 0 radical (unpaired) electrons. The molecule has 15 heavy (non-hydrogen) atoms. The summed E-state index contributed by atoms with van der Waals surface area (Å²) in [5.74, 6) is 0.748. The van der Waals surface area contributed by atoms with Gasteiger partial charge in [-0.2, -0.15) is 5.26 Å². The Kier molecular flexibility index (Phi) is 3.51. The normalized spacial score (nSPS) is 30.1. The molecule has 1 aliphatic rings. The molecule has 0 aromatic heterocycles. The van der Waals surface area contributed by atoms with Crippen LogP contribution in [0.4, 0.5) is 0 Å². The van der Waals surface area contributed by atoms with E-state index in [0.717, 1.165) is 6.42 Å². The summed E-state index contributed by atoms with van der Waals surface area (Å²) in [6.07, 6.45) is 1.17. The molecule has 0 saturated heterocycles. The van der Waals surface area contributed by atoms with Gasteiger partial charge in [-0.3, -0.25) is 4.79 Å². The quantitative estimate of drug-likeness (QED) is 0.769. The van der Waals surface area contributed by atoms with E-state index in [9.17, 15) is 9.90 Å². The van der Waals surface area contributed by atoms with Crippen LogP contribution in [0.25, 0.3) is 0 Å². The predicted molar refractivity (Wildman–Crippen MR) is 56.9 cm³/mol. The van der Waals surface area contributed by atoms with Crippen LogP contribution >= 0.6 is 0 Å². The molecule has 0 bridgehead atoms. The molecule has 3 unspecified atom stereocenters. The molecule has 0 heterocycles. The smallest absolute Gasteiger partial charge is 0.133 e. The van der Waals surface area contributed by atoms with Gasteiger partial charge in [0.25, 0.3) is 0 Å². The molecule has 1 N–H and O–H groups in total. The molecule has 1 rings (SSSR count). The zero-order valence-electron chi connectivity index (χ0n) is 9.66. The third-order valence-corrected chi connectivity index (χ3v) is 3.84. The second-order valence-electron chi connectivity index (χ2n) is 5.17. The molecule has 0 aromatic carbocycles. The van der Waals surface area contributed by atoms with Crippen LogP contribution in [-0.2, 0) is 4.79 Å². The molecule has 3 heteroatoms. The van der Waals surface area contributed by atoms with Crippen molar-refractivity contribution in [2.75, 3.05) is 0 Å². The molecule has 0 aliphatic heterocycles. The third-order valence-electron chi connectivity index (χ3n) is 3.84. The van der Waals surface area contributed by atoms with Crippen molar-refractivity contribution in [2.45, 2.75) is 46.1 Å². The fourth-order valence-corrected chi connectivity index (χ4v) is 2.62. The first-order valence-corrected chi connectivity index (χ1v) is 5.45. The van der Waals surface area contributed by atoms with Crippen LogP contribution in [0.1, 0.15) is 40.0 Å². The average Bonchev–Trinajstić information content (AvgIpc) is 2.11. The highest BCUT2D eigenvalue weighted by molar-refractivity contribution is 5.80. The molecule has 1 saturated carbocycles. The van der Waals surface area contributed by atoms with E-state index < -0.39 is 6.10 Å². The summed E-state index contributed by atoms with van der Waals surface area (Å²) in [5.41, 5.74) is -0.0116. The van der Waals surface area contributed by atoms with Crippen LogP contribution in [0.15, 0.2) is 0 Å².